The van der Waals surface area contributed by atoms with Crippen LogP contribution in [-0.4, -0.2) is 0 Å². The van der Waals surface area contributed by atoms with Crippen LogP contribution in [0.1, 0.15) is 0 Å². The Balaban J connectivity index is 1.18. The van der Waals surface area contributed by atoms with Crippen LogP contribution >= 0.6 is 0 Å². The van der Waals surface area contributed by atoms with Crippen molar-refractivity contribution in [1.82, 2.24) is 0 Å². The molecule has 8 aromatic carbocycles. The molecule has 0 atom stereocenters. The molecular weight excluding hydrogens is 591 g/mol. The van der Waals surface area contributed by atoms with Gasteiger partial charge in [-0.25, -0.2) is 0 Å². The highest BCUT2D eigenvalue weighted by atomic mass is 15.1. The summed E-state index contributed by atoms with van der Waals surface area (Å²) >= 11 is 0. The third-order valence-corrected chi connectivity index (χ3v) is 9.13. The third-order valence-electron chi connectivity index (χ3n) is 9.13. The van der Waals surface area contributed by atoms with Crippen molar-refractivity contribution in [2.45, 2.75) is 0 Å². The van der Waals surface area contributed by atoms with Gasteiger partial charge in [-0.1, -0.05) is 176 Å². The lowest BCUT2D eigenvalue weighted by Crippen LogP contribution is -2.09. The van der Waals surface area contributed by atoms with Crippen LogP contribution in [0.2, 0.25) is 0 Å². The van der Waals surface area contributed by atoms with Crippen LogP contribution in [0.4, 0.5) is 17.1 Å². The molecule has 8 aromatic rings. The van der Waals surface area contributed by atoms with E-state index in [1.54, 1.807) is 0 Å². The largest absolute Gasteiger partial charge is 0.311 e. The summed E-state index contributed by atoms with van der Waals surface area (Å²) in [6, 6.07) is 75.9. The molecule has 0 radical (unpaired) electrons. The molecule has 0 saturated carbocycles. The minimum atomic E-state index is 1.10. The number of nitrogens with zero attached hydrogens (tertiary/aromatic N) is 1. The van der Waals surface area contributed by atoms with Gasteiger partial charge in [-0.05, 0) is 92.0 Å². The van der Waals surface area contributed by atoms with E-state index >= 15 is 0 Å². The first-order valence-corrected chi connectivity index (χ1v) is 16.8. The summed E-state index contributed by atoms with van der Waals surface area (Å²) in [5, 5.41) is 0. The monoisotopic (exact) mass is 625 g/mol. The van der Waals surface area contributed by atoms with Crippen molar-refractivity contribution in [3.63, 3.8) is 0 Å². The zero-order valence-corrected chi connectivity index (χ0v) is 27.2. The number of rotatable bonds is 8. The maximum absolute atomic E-state index is 2.34. The van der Waals surface area contributed by atoms with Crippen molar-refractivity contribution in [2.75, 3.05) is 4.90 Å². The highest BCUT2D eigenvalue weighted by molar-refractivity contribution is 5.87. The van der Waals surface area contributed by atoms with Gasteiger partial charge in [-0.15, -0.1) is 0 Å². The van der Waals surface area contributed by atoms with Crippen molar-refractivity contribution in [3.8, 4) is 55.6 Å². The van der Waals surface area contributed by atoms with E-state index in [0.29, 0.717) is 0 Å². The minimum Gasteiger partial charge on any atom is -0.311 e. The second-order valence-corrected chi connectivity index (χ2v) is 12.2. The summed E-state index contributed by atoms with van der Waals surface area (Å²) in [6.45, 7) is 0. The summed E-state index contributed by atoms with van der Waals surface area (Å²) < 4.78 is 0. The Morgan fingerprint density at radius 2 is 0.408 bits per heavy atom. The van der Waals surface area contributed by atoms with Crippen LogP contribution in [0.25, 0.3) is 55.6 Å². The highest BCUT2D eigenvalue weighted by Gasteiger charge is 2.15. The van der Waals surface area contributed by atoms with Crippen molar-refractivity contribution in [2.24, 2.45) is 0 Å². The molecular formula is C48H35N. The molecule has 0 N–H and O–H groups in total. The van der Waals surface area contributed by atoms with Crippen molar-refractivity contribution in [1.29, 1.82) is 0 Å². The molecule has 0 aromatic heterocycles. The van der Waals surface area contributed by atoms with Crippen LogP contribution in [0.3, 0.4) is 0 Å². The molecule has 0 aliphatic heterocycles. The second kappa shape index (κ2) is 13.7. The van der Waals surface area contributed by atoms with E-state index in [2.05, 4.69) is 217 Å². The maximum atomic E-state index is 2.34. The SMILES string of the molecule is c1ccc(-c2ccc(N(c3ccc(-c4ccccc4-c4ccccc4)cc3)c3ccc(-c4ccccc4-c4ccccc4)cc3)cc2)cc1. The Bertz CT molecular complexity index is 2150. The van der Waals surface area contributed by atoms with Crippen LogP contribution in [0.15, 0.2) is 212 Å². The van der Waals surface area contributed by atoms with Gasteiger partial charge in [0.2, 0.25) is 0 Å². The molecule has 8 rings (SSSR count). The lowest BCUT2D eigenvalue weighted by atomic mass is 9.94. The molecule has 1 heteroatoms. The first-order chi connectivity index (χ1) is 24.3. The Morgan fingerprint density at radius 3 is 0.735 bits per heavy atom. The van der Waals surface area contributed by atoms with Crippen LogP contribution in [0, 0.1) is 0 Å². The summed E-state index contributed by atoms with van der Waals surface area (Å²) in [5.74, 6) is 0. The quantitative estimate of drug-likeness (QED) is 0.162. The molecule has 0 aliphatic carbocycles. The normalized spacial score (nSPS) is 10.9. The van der Waals surface area contributed by atoms with Crippen molar-refractivity contribution >= 4 is 17.1 Å². The number of benzene rings is 8. The predicted molar refractivity (Wildman–Crippen MR) is 208 cm³/mol. The zero-order valence-electron chi connectivity index (χ0n) is 27.2. The molecule has 0 aliphatic rings. The Kier molecular flexibility index (Phi) is 8.39. The number of hydrogen-bond acceptors (Lipinski definition) is 1. The fourth-order valence-corrected chi connectivity index (χ4v) is 6.67. The summed E-state index contributed by atoms with van der Waals surface area (Å²) in [6.07, 6.45) is 0. The Morgan fingerprint density at radius 1 is 0.184 bits per heavy atom. The fourth-order valence-electron chi connectivity index (χ4n) is 6.67. The summed E-state index contributed by atoms with van der Waals surface area (Å²) in [4.78, 5) is 2.34. The standard InChI is InChI=1S/C48H35N/c1-4-14-36(15-5-1)37-24-30-42(31-25-37)49(43-32-26-40(27-33-43)47-22-12-10-20-45(47)38-16-6-2-7-17-38)44-34-28-41(29-35-44)48-23-13-11-21-46(48)39-18-8-3-9-19-39/h1-35H. The Hall–Kier alpha value is -6.44. The average Bonchev–Trinajstić information content (AvgIpc) is 3.20. The van der Waals surface area contributed by atoms with Crippen LogP contribution < -0.4 is 4.90 Å². The van der Waals surface area contributed by atoms with E-state index in [-0.39, 0.29) is 0 Å². The topological polar surface area (TPSA) is 3.24 Å². The predicted octanol–water partition coefficient (Wildman–Crippen LogP) is 13.5. The summed E-state index contributed by atoms with van der Waals surface area (Å²) in [7, 11) is 0. The van der Waals surface area contributed by atoms with Crippen molar-refractivity contribution in [3.05, 3.63) is 212 Å². The number of hydrogen-bond donors (Lipinski definition) is 0. The molecule has 0 saturated heterocycles. The van der Waals surface area contributed by atoms with E-state index in [1.807, 2.05) is 0 Å². The lowest BCUT2D eigenvalue weighted by molar-refractivity contribution is 1.28. The highest BCUT2D eigenvalue weighted by Crippen LogP contribution is 2.40. The minimum absolute atomic E-state index is 1.10. The van der Waals surface area contributed by atoms with Gasteiger partial charge in [0.15, 0.2) is 0 Å². The van der Waals surface area contributed by atoms with Gasteiger partial charge in [0, 0.05) is 17.1 Å². The molecule has 232 valence electrons. The van der Waals surface area contributed by atoms with E-state index in [4.69, 9.17) is 0 Å². The van der Waals surface area contributed by atoms with E-state index in [9.17, 15) is 0 Å². The molecule has 0 heterocycles. The van der Waals surface area contributed by atoms with E-state index in [0.717, 1.165) is 17.1 Å². The fraction of sp³-hybridized carbons (Fsp3) is 0. The first-order valence-electron chi connectivity index (χ1n) is 16.8. The van der Waals surface area contributed by atoms with Gasteiger partial charge < -0.3 is 4.90 Å². The smallest absolute Gasteiger partial charge is 0.0462 e. The molecule has 0 unspecified atom stereocenters. The molecule has 49 heavy (non-hydrogen) atoms. The Labute approximate surface area is 289 Å². The summed E-state index contributed by atoms with van der Waals surface area (Å²) in [5.41, 5.74) is 15.4. The molecule has 0 fully saturated rings. The molecule has 0 amide bonds. The molecule has 0 bridgehead atoms. The average molecular weight is 626 g/mol. The lowest BCUT2D eigenvalue weighted by Gasteiger charge is -2.26. The van der Waals surface area contributed by atoms with Gasteiger partial charge in [-0.3, -0.25) is 0 Å². The zero-order chi connectivity index (χ0) is 32.8. The first kappa shape index (κ1) is 29.9. The third kappa shape index (κ3) is 6.31. The second-order valence-electron chi connectivity index (χ2n) is 12.2. The van der Waals surface area contributed by atoms with Gasteiger partial charge in [0.1, 0.15) is 0 Å². The van der Waals surface area contributed by atoms with E-state index < -0.39 is 0 Å². The number of anilines is 3. The van der Waals surface area contributed by atoms with Crippen LogP contribution in [0.5, 0.6) is 0 Å². The van der Waals surface area contributed by atoms with E-state index in [1.165, 1.54) is 55.6 Å². The maximum Gasteiger partial charge on any atom is 0.0462 e. The molecule has 1 nitrogen and oxygen atoms in total. The van der Waals surface area contributed by atoms with Gasteiger partial charge in [-0.2, -0.15) is 0 Å². The van der Waals surface area contributed by atoms with Gasteiger partial charge >= 0.3 is 0 Å². The van der Waals surface area contributed by atoms with Gasteiger partial charge in [0.05, 0.1) is 0 Å². The molecule has 0 spiro atoms. The van der Waals surface area contributed by atoms with Gasteiger partial charge in [0.25, 0.3) is 0 Å². The van der Waals surface area contributed by atoms with Crippen LogP contribution in [-0.2, 0) is 0 Å². The van der Waals surface area contributed by atoms with Crippen molar-refractivity contribution < 1.29 is 0 Å².